The number of benzene rings is 1. The van der Waals surface area contributed by atoms with E-state index in [-0.39, 0.29) is 11.6 Å². The summed E-state index contributed by atoms with van der Waals surface area (Å²) in [6.07, 6.45) is -4.30. The van der Waals surface area contributed by atoms with E-state index in [4.69, 9.17) is 5.26 Å². The second-order valence-corrected chi connectivity index (χ2v) is 6.20. The highest BCUT2D eigenvalue weighted by Gasteiger charge is 2.40. The Kier molecular flexibility index (Phi) is 4.56. The molecule has 1 aliphatic rings. The van der Waals surface area contributed by atoms with Crippen LogP contribution >= 0.6 is 0 Å². The number of rotatable bonds is 3. The van der Waals surface area contributed by atoms with Gasteiger partial charge in [0.1, 0.15) is 5.54 Å². The van der Waals surface area contributed by atoms with Gasteiger partial charge in [-0.1, -0.05) is 13.8 Å². The van der Waals surface area contributed by atoms with E-state index in [0.29, 0.717) is 6.42 Å². The standard InChI is InChI=1S/C16H17F3N4O/c1-9(2)13-7-15(3,23-22-13)14(24)21-11-5-4-10(8-20)12(6-11)16(17,18)19/h4-6,9,23H,7H2,1-3H3,(H,21,24). The summed E-state index contributed by atoms with van der Waals surface area (Å²) in [5, 5.41) is 15.4. The van der Waals surface area contributed by atoms with Crippen molar-refractivity contribution in [2.45, 2.75) is 38.9 Å². The summed E-state index contributed by atoms with van der Waals surface area (Å²) in [7, 11) is 0. The molecule has 2 rings (SSSR count). The monoisotopic (exact) mass is 338 g/mol. The predicted molar refractivity (Wildman–Crippen MR) is 83.2 cm³/mol. The highest BCUT2D eigenvalue weighted by Crippen LogP contribution is 2.34. The number of hydrazone groups is 1. The van der Waals surface area contributed by atoms with Gasteiger partial charge in [-0.2, -0.15) is 23.5 Å². The molecule has 0 radical (unpaired) electrons. The molecule has 1 heterocycles. The van der Waals surface area contributed by atoms with Crippen molar-refractivity contribution < 1.29 is 18.0 Å². The molecule has 5 nitrogen and oxygen atoms in total. The molecule has 128 valence electrons. The van der Waals surface area contributed by atoms with Crippen molar-refractivity contribution in [3.8, 4) is 6.07 Å². The zero-order valence-corrected chi connectivity index (χ0v) is 13.5. The first-order valence-electron chi connectivity index (χ1n) is 7.33. The second-order valence-electron chi connectivity index (χ2n) is 6.20. The number of amides is 1. The SMILES string of the molecule is CC(C)C1=NNC(C)(C(=O)Nc2ccc(C#N)c(C(F)(F)F)c2)C1. The first-order chi connectivity index (χ1) is 11.1. The molecule has 2 N–H and O–H groups in total. The van der Waals surface area contributed by atoms with Crippen LogP contribution in [-0.2, 0) is 11.0 Å². The van der Waals surface area contributed by atoms with Crippen LogP contribution < -0.4 is 10.7 Å². The molecule has 8 heteroatoms. The third-order valence-corrected chi connectivity index (χ3v) is 3.85. The number of hydrogen-bond acceptors (Lipinski definition) is 4. The third-order valence-electron chi connectivity index (χ3n) is 3.85. The summed E-state index contributed by atoms with van der Waals surface area (Å²) >= 11 is 0. The summed E-state index contributed by atoms with van der Waals surface area (Å²) in [5.74, 6) is -0.321. The van der Waals surface area contributed by atoms with Crippen molar-refractivity contribution in [3.63, 3.8) is 0 Å². The van der Waals surface area contributed by atoms with Crippen LogP contribution in [0.3, 0.4) is 0 Å². The molecule has 0 aliphatic carbocycles. The molecular formula is C16H17F3N4O. The molecule has 1 aliphatic heterocycles. The van der Waals surface area contributed by atoms with Crippen molar-refractivity contribution >= 4 is 17.3 Å². The van der Waals surface area contributed by atoms with Gasteiger partial charge < -0.3 is 5.32 Å². The highest BCUT2D eigenvalue weighted by atomic mass is 19.4. The summed E-state index contributed by atoms with van der Waals surface area (Å²) < 4.78 is 38.9. The van der Waals surface area contributed by atoms with Gasteiger partial charge in [0.2, 0.25) is 0 Å². The molecule has 24 heavy (non-hydrogen) atoms. The largest absolute Gasteiger partial charge is 0.417 e. The normalized spacial score (nSPS) is 20.3. The molecule has 0 fully saturated rings. The number of alkyl halides is 3. The maximum Gasteiger partial charge on any atom is 0.417 e. The lowest BCUT2D eigenvalue weighted by atomic mass is 9.91. The highest BCUT2D eigenvalue weighted by molar-refractivity contribution is 6.03. The van der Waals surface area contributed by atoms with Gasteiger partial charge in [0.25, 0.3) is 5.91 Å². The molecular weight excluding hydrogens is 321 g/mol. The first-order valence-corrected chi connectivity index (χ1v) is 7.33. The van der Waals surface area contributed by atoms with Crippen molar-refractivity contribution in [2.75, 3.05) is 5.32 Å². The Morgan fingerprint density at radius 1 is 1.46 bits per heavy atom. The lowest BCUT2D eigenvalue weighted by Crippen LogP contribution is -2.48. The molecule has 0 aromatic heterocycles. The number of anilines is 1. The van der Waals surface area contributed by atoms with Gasteiger partial charge in [-0.3, -0.25) is 10.2 Å². The number of carbonyl (C=O) groups is 1. The Morgan fingerprint density at radius 3 is 2.62 bits per heavy atom. The zero-order chi connectivity index (χ0) is 18.1. The topological polar surface area (TPSA) is 77.3 Å². The number of halogens is 3. The number of nitrogens with zero attached hydrogens (tertiary/aromatic N) is 2. The van der Waals surface area contributed by atoms with Gasteiger partial charge in [-0.25, -0.2) is 0 Å². The Hall–Kier alpha value is -2.56. The Balaban J connectivity index is 2.21. The summed E-state index contributed by atoms with van der Waals surface area (Å²) in [6.45, 7) is 5.52. The molecule has 1 atom stereocenters. The van der Waals surface area contributed by atoms with Crippen LogP contribution in [0.4, 0.5) is 18.9 Å². The maximum atomic E-state index is 13.0. The van der Waals surface area contributed by atoms with E-state index < -0.39 is 28.7 Å². The van der Waals surface area contributed by atoms with Gasteiger partial charge in [-0.15, -0.1) is 0 Å². The van der Waals surface area contributed by atoms with Crippen LogP contribution in [0.5, 0.6) is 0 Å². The molecule has 1 aromatic carbocycles. The average Bonchev–Trinajstić information content (AvgIpc) is 2.90. The fourth-order valence-corrected chi connectivity index (χ4v) is 2.32. The van der Waals surface area contributed by atoms with Gasteiger partial charge in [0.15, 0.2) is 0 Å². The van der Waals surface area contributed by atoms with Gasteiger partial charge >= 0.3 is 6.18 Å². The summed E-state index contributed by atoms with van der Waals surface area (Å²) in [5.41, 5.74) is 0.966. The minimum atomic E-state index is -4.67. The predicted octanol–water partition coefficient (Wildman–Crippen LogP) is 3.28. The average molecular weight is 338 g/mol. The van der Waals surface area contributed by atoms with Gasteiger partial charge in [0, 0.05) is 17.8 Å². The van der Waals surface area contributed by atoms with Crippen LogP contribution in [0.25, 0.3) is 0 Å². The Morgan fingerprint density at radius 2 is 2.12 bits per heavy atom. The molecule has 0 saturated heterocycles. The van der Waals surface area contributed by atoms with Crippen LogP contribution in [0.1, 0.15) is 38.3 Å². The summed E-state index contributed by atoms with van der Waals surface area (Å²) in [6, 6.07) is 4.58. The van der Waals surface area contributed by atoms with Crippen molar-refractivity contribution in [1.29, 1.82) is 5.26 Å². The van der Waals surface area contributed by atoms with Crippen molar-refractivity contribution in [3.05, 3.63) is 29.3 Å². The van der Waals surface area contributed by atoms with E-state index in [2.05, 4.69) is 15.8 Å². The lowest BCUT2D eigenvalue weighted by Gasteiger charge is -2.23. The first kappa shape index (κ1) is 17.8. The molecule has 0 spiro atoms. The number of carbonyl (C=O) groups excluding carboxylic acids is 1. The van der Waals surface area contributed by atoms with E-state index >= 15 is 0 Å². The smallest absolute Gasteiger partial charge is 0.324 e. The van der Waals surface area contributed by atoms with E-state index in [1.807, 2.05) is 13.8 Å². The number of nitrogens with one attached hydrogen (secondary N) is 2. The Labute approximate surface area is 137 Å². The van der Waals surface area contributed by atoms with E-state index in [9.17, 15) is 18.0 Å². The molecule has 0 bridgehead atoms. The number of nitriles is 1. The van der Waals surface area contributed by atoms with E-state index in [1.165, 1.54) is 12.1 Å². The van der Waals surface area contributed by atoms with Gasteiger partial charge in [-0.05, 0) is 31.0 Å². The minimum Gasteiger partial charge on any atom is -0.324 e. The van der Waals surface area contributed by atoms with Crippen molar-refractivity contribution in [2.24, 2.45) is 11.0 Å². The molecule has 1 aromatic rings. The fraction of sp³-hybridized carbons (Fsp3) is 0.438. The minimum absolute atomic E-state index is 0.0210. The van der Waals surface area contributed by atoms with Crippen LogP contribution in [-0.4, -0.2) is 17.2 Å². The molecule has 1 amide bonds. The Bertz CT molecular complexity index is 734. The van der Waals surface area contributed by atoms with E-state index in [1.54, 1.807) is 6.92 Å². The third kappa shape index (κ3) is 3.50. The van der Waals surface area contributed by atoms with Crippen LogP contribution in [0.2, 0.25) is 0 Å². The summed E-state index contributed by atoms with van der Waals surface area (Å²) in [4.78, 5) is 12.4. The maximum absolute atomic E-state index is 13.0. The van der Waals surface area contributed by atoms with Crippen molar-refractivity contribution in [1.82, 2.24) is 5.43 Å². The van der Waals surface area contributed by atoms with Crippen LogP contribution in [0.15, 0.2) is 23.3 Å². The van der Waals surface area contributed by atoms with Gasteiger partial charge in [0.05, 0.1) is 17.2 Å². The number of hydrogen-bond donors (Lipinski definition) is 2. The van der Waals surface area contributed by atoms with E-state index in [0.717, 1.165) is 17.8 Å². The lowest BCUT2D eigenvalue weighted by molar-refractivity contribution is -0.137. The fourth-order valence-electron chi connectivity index (χ4n) is 2.32. The molecule has 0 saturated carbocycles. The quantitative estimate of drug-likeness (QED) is 0.888. The van der Waals surface area contributed by atoms with Crippen LogP contribution in [0, 0.1) is 17.2 Å². The molecule has 1 unspecified atom stereocenters. The second kappa shape index (κ2) is 6.15. The zero-order valence-electron chi connectivity index (χ0n) is 13.5.